The Morgan fingerprint density at radius 1 is 0.762 bits per heavy atom. The fourth-order valence-corrected chi connectivity index (χ4v) is 5.07. The lowest BCUT2D eigenvalue weighted by Crippen LogP contribution is -2.37. The van der Waals surface area contributed by atoms with Crippen LogP contribution in [-0.4, -0.2) is 19.1 Å². The van der Waals surface area contributed by atoms with Gasteiger partial charge in [0, 0.05) is 19.6 Å². The van der Waals surface area contributed by atoms with E-state index in [0.717, 1.165) is 34.4 Å². The van der Waals surface area contributed by atoms with Crippen LogP contribution in [0.3, 0.4) is 0 Å². The van der Waals surface area contributed by atoms with Crippen LogP contribution < -0.4 is 15.4 Å². The molecule has 42 heavy (non-hydrogen) atoms. The van der Waals surface area contributed by atoms with Crippen molar-refractivity contribution in [1.82, 2.24) is 10.6 Å². The van der Waals surface area contributed by atoms with Crippen LogP contribution in [0.25, 0.3) is 0 Å². The van der Waals surface area contributed by atoms with E-state index < -0.39 is 11.6 Å². The molecule has 4 rings (SSSR count). The summed E-state index contributed by atoms with van der Waals surface area (Å²) in [6.07, 6.45) is 1.81. The van der Waals surface area contributed by atoms with Crippen LogP contribution in [0, 0.1) is 17.6 Å². The van der Waals surface area contributed by atoms with Crippen molar-refractivity contribution in [3.8, 4) is 5.75 Å². The van der Waals surface area contributed by atoms with E-state index in [1.54, 1.807) is 12.1 Å². The number of halogens is 5. The Hall–Kier alpha value is -3.16. The molecule has 9 heteroatoms. The number of rotatable bonds is 14. The van der Waals surface area contributed by atoms with Crippen molar-refractivity contribution in [1.29, 1.82) is 0 Å². The van der Waals surface area contributed by atoms with Crippen molar-refractivity contribution >= 4 is 40.7 Å². The maximum atomic E-state index is 13.9. The van der Waals surface area contributed by atoms with Crippen LogP contribution in [0.2, 0.25) is 15.1 Å². The Kier molecular flexibility index (Phi) is 12.0. The van der Waals surface area contributed by atoms with Crippen LogP contribution in [0.5, 0.6) is 5.75 Å². The number of hydrogen-bond donors (Lipinski definition) is 2. The average molecular weight is 632 g/mol. The second-order valence-electron chi connectivity index (χ2n) is 9.89. The largest absolute Gasteiger partial charge is 0.489 e. The zero-order valence-electron chi connectivity index (χ0n) is 22.8. The summed E-state index contributed by atoms with van der Waals surface area (Å²) in [5.74, 6) is -2.10. The first-order valence-corrected chi connectivity index (χ1v) is 14.7. The third-order valence-electron chi connectivity index (χ3n) is 6.78. The van der Waals surface area contributed by atoms with Crippen molar-refractivity contribution in [2.45, 2.75) is 32.4 Å². The summed E-state index contributed by atoms with van der Waals surface area (Å²) in [6, 6.07) is 25.3. The predicted octanol–water partition coefficient (Wildman–Crippen LogP) is 8.20. The Morgan fingerprint density at radius 3 is 2.24 bits per heavy atom. The van der Waals surface area contributed by atoms with E-state index in [4.69, 9.17) is 39.5 Å². The summed E-state index contributed by atoms with van der Waals surface area (Å²) in [4.78, 5) is 13.3. The molecule has 4 nitrogen and oxygen atoms in total. The fraction of sp³-hybridized carbons (Fsp3) is 0.242. The summed E-state index contributed by atoms with van der Waals surface area (Å²) >= 11 is 18.3. The minimum atomic E-state index is -0.723. The molecule has 1 amide bonds. The van der Waals surface area contributed by atoms with Crippen molar-refractivity contribution in [3.63, 3.8) is 0 Å². The molecule has 2 N–H and O–H groups in total. The predicted molar refractivity (Wildman–Crippen MR) is 165 cm³/mol. The molecule has 0 fully saturated rings. The lowest BCUT2D eigenvalue weighted by atomic mass is 9.96. The third kappa shape index (κ3) is 9.17. The molecular weight excluding hydrogens is 601 g/mol. The molecule has 0 spiro atoms. The molecule has 0 radical (unpaired) electrons. The number of benzene rings is 4. The highest BCUT2D eigenvalue weighted by molar-refractivity contribution is 6.42. The SMILES string of the molecule is O=C(NCc1cccc(Cl)c1Cl)C(CNCc1ccccc1)Cc1ccc(CCCOc2c(F)ccc(F)c2Cl)cc1. The molecule has 0 aliphatic carbocycles. The van der Waals surface area contributed by atoms with Gasteiger partial charge in [0.2, 0.25) is 5.91 Å². The van der Waals surface area contributed by atoms with Gasteiger partial charge >= 0.3 is 0 Å². The lowest BCUT2D eigenvalue weighted by molar-refractivity contribution is -0.125. The van der Waals surface area contributed by atoms with E-state index in [2.05, 4.69) is 10.6 Å². The fourth-order valence-electron chi connectivity index (χ4n) is 4.47. The first-order chi connectivity index (χ1) is 20.3. The Balaban J connectivity index is 1.33. The van der Waals surface area contributed by atoms with Crippen molar-refractivity contribution in [2.75, 3.05) is 13.2 Å². The second kappa shape index (κ2) is 15.9. The zero-order valence-corrected chi connectivity index (χ0v) is 25.1. The number of nitrogens with one attached hydrogen (secondary N) is 2. The number of amides is 1. The highest BCUT2D eigenvalue weighted by atomic mass is 35.5. The van der Waals surface area contributed by atoms with Gasteiger partial charge in [-0.2, -0.15) is 0 Å². The average Bonchev–Trinajstić information content (AvgIpc) is 3.00. The van der Waals surface area contributed by atoms with Crippen LogP contribution in [0.1, 0.15) is 28.7 Å². The van der Waals surface area contributed by atoms with Gasteiger partial charge in [-0.05, 0) is 59.7 Å². The molecule has 0 aromatic heterocycles. The summed E-state index contributed by atoms with van der Waals surface area (Å²) in [7, 11) is 0. The first-order valence-electron chi connectivity index (χ1n) is 13.6. The summed E-state index contributed by atoms with van der Waals surface area (Å²) in [6.45, 7) is 1.60. The van der Waals surface area contributed by atoms with E-state index in [1.807, 2.05) is 60.7 Å². The molecule has 0 saturated heterocycles. The Bertz CT molecular complexity index is 1470. The smallest absolute Gasteiger partial charge is 0.224 e. The van der Waals surface area contributed by atoms with Gasteiger partial charge in [-0.15, -0.1) is 0 Å². The van der Waals surface area contributed by atoms with Crippen molar-refractivity contribution in [3.05, 3.63) is 134 Å². The van der Waals surface area contributed by atoms with E-state index in [-0.39, 0.29) is 35.7 Å². The summed E-state index contributed by atoms with van der Waals surface area (Å²) in [5.41, 5.74) is 3.97. The van der Waals surface area contributed by atoms with Gasteiger partial charge in [0.1, 0.15) is 10.8 Å². The topological polar surface area (TPSA) is 50.4 Å². The van der Waals surface area contributed by atoms with Crippen LogP contribution in [0.4, 0.5) is 8.78 Å². The lowest BCUT2D eigenvalue weighted by Gasteiger charge is -2.19. The van der Waals surface area contributed by atoms with E-state index in [1.165, 1.54) is 0 Å². The van der Waals surface area contributed by atoms with Gasteiger partial charge in [0.05, 0.1) is 22.6 Å². The summed E-state index contributed by atoms with van der Waals surface area (Å²) < 4.78 is 32.9. The standard InChI is InChI=1S/C33H31Cl3F2N2O2/c34-27-10-4-9-25(30(27)35)21-40-33(41)26(20-39-19-24-6-2-1-3-7-24)18-23-13-11-22(12-14-23)8-5-17-42-32-29(38)16-15-28(37)31(32)36/h1-4,6-7,9-16,26,39H,5,8,17-21H2,(H,40,41). The molecule has 0 bridgehead atoms. The number of carbonyl (C=O) groups excluding carboxylic acids is 1. The molecule has 0 aliphatic rings. The normalized spacial score (nSPS) is 11.7. The van der Waals surface area contributed by atoms with Crippen LogP contribution in [-0.2, 0) is 30.7 Å². The van der Waals surface area contributed by atoms with Gasteiger partial charge < -0.3 is 15.4 Å². The highest BCUT2D eigenvalue weighted by Crippen LogP contribution is 2.30. The second-order valence-corrected chi connectivity index (χ2v) is 11.1. The third-order valence-corrected chi connectivity index (χ3v) is 7.99. The van der Waals surface area contributed by atoms with E-state index in [9.17, 15) is 13.6 Å². The monoisotopic (exact) mass is 630 g/mol. The van der Waals surface area contributed by atoms with E-state index in [0.29, 0.717) is 42.4 Å². The molecule has 4 aromatic carbocycles. The maximum Gasteiger partial charge on any atom is 0.224 e. The van der Waals surface area contributed by atoms with Gasteiger partial charge in [0.15, 0.2) is 11.6 Å². The number of ether oxygens (including phenoxy) is 1. The summed E-state index contributed by atoms with van der Waals surface area (Å²) in [5, 5.41) is 6.95. The Labute approximate surface area is 260 Å². The highest BCUT2D eigenvalue weighted by Gasteiger charge is 2.20. The minimum absolute atomic E-state index is 0.0870. The van der Waals surface area contributed by atoms with Gasteiger partial charge in [-0.25, -0.2) is 8.78 Å². The van der Waals surface area contributed by atoms with Gasteiger partial charge in [0.25, 0.3) is 0 Å². The minimum Gasteiger partial charge on any atom is -0.489 e. The molecule has 0 aliphatic heterocycles. The maximum absolute atomic E-state index is 13.9. The molecule has 0 heterocycles. The van der Waals surface area contributed by atoms with Crippen LogP contribution in [0.15, 0.2) is 84.9 Å². The number of aryl methyl sites for hydroxylation is 1. The van der Waals surface area contributed by atoms with E-state index >= 15 is 0 Å². The molecular formula is C33H31Cl3F2N2O2. The number of carbonyl (C=O) groups is 1. The molecule has 220 valence electrons. The van der Waals surface area contributed by atoms with Crippen molar-refractivity contribution in [2.24, 2.45) is 5.92 Å². The first kappa shape index (κ1) is 31.8. The van der Waals surface area contributed by atoms with Crippen LogP contribution >= 0.6 is 34.8 Å². The molecule has 4 aromatic rings. The van der Waals surface area contributed by atoms with Crippen molar-refractivity contribution < 1.29 is 18.3 Å². The molecule has 1 unspecified atom stereocenters. The molecule has 1 atom stereocenters. The molecule has 0 saturated carbocycles. The zero-order chi connectivity index (χ0) is 29.9. The quantitative estimate of drug-likeness (QED) is 0.109. The Morgan fingerprint density at radius 2 is 1.48 bits per heavy atom. The van der Waals surface area contributed by atoms with Gasteiger partial charge in [-0.1, -0.05) is 102 Å². The number of hydrogen-bond acceptors (Lipinski definition) is 3. The van der Waals surface area contributed by atoms with Gasteiger partial charge in [-0.3, -0.25) is 4.79 Å².